The first-order valence-electron chi connectivity index (χ1n) is 4.73. The average Bonchev–Trinajstić information content (AvgIpc) is 2.20. The number of halogens is 1. The smallest absolute Gasteiger partial charge is 0.0373 e. The van der Waals surface area contributed by atoms with Crippen molar-refractivity contribution in [2.45, 2.75) is 19.8 Å². The first-order valence-corrected chi connectivity index (χ1v) is 5.53. The minimum Gasteiger partial charge on any atom is -0.384 e. The van der Waals surface area contributed by atoms with Gasteiger partial charge >= 0.3 is 0 Å². The number of terminal acetylenes is 1. The Morgan fingerprint density at radius 1 is 1.50 bits per heavy atom. The number of rotatable bonds is 4. The third-order valence-electron chi connectivity index (χ3n) is 2.03. The standard InChI is InChI=1S/C12H14BrN/c1-3-5-8-14-12-7-6-11(13)9-10(12)4-2/h1,6-7,9,14H,4-5,8H2,2H3. The van der Waals surface area contributed by atoms with Crippen LogP contribution in [0.25, 0.3) is 0 Å². The second-order valence-corrected chi connectivity index (χ2v) is 3.95. The van der Waals surface area contributed by atoms with E-state index < -0.39 is 0 Å². The fourth-order valence-corrected chi connectivity index (χ4v) is 1.71. The van der Waals surface area contributed by atoms with Crippen molar-refractivity contribution in [3.8, 4) is 12.3 Å². The molecule has 0 atom stereocenters. The monoisotopic (exact) mass is 251 g/mol. The third-order valence-corrected chi connectivity index (χ3v) is 2.53. The highest BCUT2D eigenvalue weighted by molar-refractivity contribution is 9.10. The molecule has 74 valence electrons. The molecule has 0 fully saturated rings. The van der Waals surface area contributed by atoms with Crippen LogP contribution in [0.3, 0.4) is 0 Å². The Labute approximate surface area is 94.0 Å². The zero-order valence-electron chi connectivity index (χ0n) is 8.31. The molecular weight excluding hydrogens is 238 g/mol. The summed E-state index contributed by atoms with van der Waals surface area (Å²) < 4.78 is 1.12. The van der Waals surface area contributed by atoms with Crippen LogP contribution in [0.4, 0.5) is 5.69 Å². The normalized spacial score (nSPS) is 9.50. The van der Waals surface area contributed by atoms with Gasteiger partial charge in [0.05, 0.1) is 0 Å². The van der Waals surface area contributed by atoms with Crippen LogP contribution in [-0.4, -0.2) is 6.54 Å². The van der Waals surface area contributed by atoms with Crippen molar-refractivity contribution in [3.63, 3.8) is 0 Å². The third kappa shape index (κ3) is 3.08. The summed E-state index contributed by atoms with van der Waals surface area (Å²) in [7, 11) is 0. The largest absolute Gasteiger partial charge is 0.384 e. The zero-order chi connectivity index (χ0) is 10.4. The predicted octanol–water partition coefficient (Wildman–Crippen LogP) is 3.45. The molecule has 0 saturated carbocycles. The van der Waals surface area contributed by atoms with Crippen LogP contribution >= 0.6 is 15.9 Å². The number of nitrogens with one attached hydrogen (secondary N) is 1. The summed E-state index contributed by atoms with van der Waals surface area (Å²) in [6, 6.07) is 6.26. The molecule has 1 N–H and O–H groups in total. The van der Waals surface area contributed by atoms with Gasteiger partial charge in [-0.25, -0.2) is 0 Å². The first kappa shape index (κ1) is 11.1. The van der Waals surface area contributed by atoms with Crippen LogP contribution in [0.15, 0.2) is 22.7 Å². The summed E-state index contributed by atoms with van der Waals surface area (Å²) in [5.41, 5.74) is 2.50. The Kier molecular flexibility index (Phi) is 4.55. The molecule has 0 saturated heterocycles. The minimum atomic E-state index is 0.763. The number of aryl methyl sites for hydroxylation is 1. The molecule has 0 bridgehead atoms. The Hall–Kier alpha value is -0.940. The fourth-order valence-electron chi connectivity index (χ4n) is 1.30. The Morgan fingerprint density at radius 2 is 2.29 bits per heavy atom. The molecule has 1 aromatic rings. The molecule has 0 amide bonds. The van der Waals surface area contributed by atoms with Gasteiger partial charge in [0, 0.05) is 23.1 Å². The van der Waals surface area contributed by atoms with E-state index in [1.165, 1.54) is 11.3 Å². The summed E-state index contributed by atoms with van der Waals surface area (Å²) in [6.07, 6.45) is 6.98. The van der Waals surface area contributed by atoms with Crippen molar-refractivity contribution in [1.82, 2.24) is 0 Å². The van der Waals surface area contributed by atoms with Crippen LogP contribution in [0.2, 0.25) is 0 Å². The predicted molar refractivity (Wildman–Crippen MR) is 65.5 cm³/mol. The van der Waals surface area contributed by atoms with Gasteiger partial charge in [0.1, 0.15) is 0 Å². The molecule has 1 nitrogen and oxygen atoms in total. The van der Waals surface area contributed by atoms with E-state index in [-0.39, 0.29) is 0 Å². The Balaban J connectivity index is 2.71. The summed E-state index contributed by atoms with van der Waals surface area (Å²) in [6.45, 7) is 2.99. The Bertz CT molecular complexity index is 339. The molecule has 0 aliphatic carbocycles. The van der Waals surface area contributed by atoms with Gasteiger partial charge in [0.25, 0.3) is 0 Å². The molecule has 1 aromatic carbocycles. The lowest BCUT2D eigenvalue weighted by molar-refractivity contribution is 1.07. The quantitative estimate of drug-likeness (QED) is 0.639. The maximum atomic E-state index is 5.19. The number of benzene rings is 1. The molecule has 1 rings (SSSR count). The van der Waals surface area contributed by atoms with E-state index in [0.29, 0.717) is 0 Å². The van der Waals surface area contributed by atoms with E-state index in [1.54, 1.807) is 0 Å². The van der Waals surface area contributed by atoms with Gasteiger partial charge in [-0.15, -0.1) is 12.3 Å². The van der Waals surface area contributed by atoms with E-state index in [0.717, 1.165) is 23.9 Å². The van der Waals surface area contributed by atoms with Gasteiger partial charge in [-0.3, -0.25) is 0 Å². The number of hydrogen-bond acceptors (Lipinski definition) is 1. The summed E-state index contributed by atoms with van der Waals surface area (Å²) in [5.74, 6) is 2.62. The molecule has 14 heavy (non-hydrogen) atoms. The van der Waals surface area contributed by atoms with Gasteiger partial charge in [-0.2, -0.15) is 0 Å². The van der Waals surface area contributed by atoms with Gasteiger partial charge in [0.15, 0.2) is 0 Å². The van der Waals surface area contributed by atoms with Crippen LogP contribution in [-0.2, 0) is 6.42 Å². The lowest BCUT2D eigenvalue weighted by Gasteiger charge is -2.09. The molecular formula is C12H14BrN. The van der Waals surface area contributed by atoms with E-state index >= 15 is 0 Å². The van der Waals surface area contributed by atoms with Crippen LogP contribution < -0.4 is 5.32 Å². The molecule has 0 radical (unpaired) electrons. The van der Waals surface area contributed by atoms with Crippen LogP contribution in [0.5, 0.6) is 0 Å². The molecule has 0 unspecified atom stereocenters. The average molecular weight is 252 g/mol. The fraction of sp³-hybridized carbons (Fsp3) is 0.333. The minimum absolute atomic E-state index is 0.763. The summed E-state index contributed by atoms with van der Waals surface area (Å²) in [5, 5.41) is 3.33. The number of anilines is 1. The molecule has 0 aromatic heterocycles. The van der Waals surface area contributed by atoms with Gasteiger partial charge < -0.3 is 5.32 Å². The summed E-state index contributed by atoms with van der Waals surface area (Å²) >= 11 is 3.46. The highest BCUT2D eigenvalue weighted by atomic mass is 79.9. The Morgan fingerprint density at radius 3 is 2.93 bits per heavy atom. The summed E-state index contributed by atoms with van der Waals surface area (Å²) in [4.78, 5) is 0. The van der Waals surface area contributed by atoms with Crippen molar-refractivity contribution < 1.29 is 0 Å². The van der Waals surface area contributed by atoms with Crippen LogP contribution in [0.1, 0.15) is 18.9 Å². The van der Waals surface area contributed by atoms with Gasteiger partial charge in [0.2, 0.25) is 0 Å². The van der Waals surface area contributed by atoms with Crippen molar-refractivity contribution in [2.75, 3.05) is 11.9 Å². The van der Waals surface area contributed by atoms with Crippen molar-refractivity contribution >= 4 is 21.6 Å². The van der Waals surface area contributed by atoms with Crippen molar-refractivity contribution in [1.29, 1.82) is 0 Å². The van der Waals surface area contributed by atoms with E-state index in [1.807, 2.05) is 6.07 Å². The van der Waals surface area contributed by atoms with E-state index in [9.17, 15) is 0 Å². The van der Waals surface area contributed by atoms with Crippen molar-refractivity contribution in [2.24, 2.45) is 0 Å². The van der Waals surface area contributed by atoms with Crippen LogP contribution in [0, 0.1) is 12.3 Å². The van der Waals surface area contributed by atoms with E-state index in [2.05, 4.69) is 46.2 Å². The molecule has 0 aliphatic rings. The maximum Gasteiger partial charge on any atom is 0.0373 e. The van der Waals surface area contributed by atoms with Gasteiger partial charge in [-0.1, -0.05) is 22.9 Å². The number of hydrogen-bond donors (Lipinski definition) is 1. The molecule has 0 spiro atoms. The van der Waals surface area contributed by atoms with Crippen molar-refractivity contribution in [3.05, 3.63) is 28.2 Å². The lowest BCUT2D eigenvalue weighted by atomic mass is 10.1. The molecule has 2 heteroatoms. The highest BCUT2D eigenvalue weighted by Crippen LogP contribution is 2.21. The van der Waals surface area contributed by atoms with Gasteiger partial charge in [-0.05, 0) is 30.2 Å². The first-order chi connectivity index (χ1) is 6.77. The second-order valence-electron chi connectivity index (χ2n) is 3.04. The topological polar surface area (TPSA) is 12.0 Å². The molecule has 0 heterocycles. The maximum absolute atomic E-state index is 5.19. The SMILES string of the molecule is C#CCCNc1ccc(Br)cc1CC. The second kappa shape index (κ2) is 5.72. The zero-order valence-corrected chi connectivity index (χ0v) is 9.89. The highest BCUT2D eigenvalue weighted by Gasteiger charge is 1.99. The lowest BCUT2D eigenvalue weighted by Crippen LogP contribution is -2.02. The van der Waals surface area contributed by atoms with E-state index in [4.69, 9.17) is 6.42 Å². The molecule has 0 aliphatic heterocycles.